The fraction of sp³-hybridized carbons (Fsp3) is 0.286. The maximum Gasteiger partial charge on any atom is 0.266 e. The molecule has 1 aromatic carbocycles. The van der Waals surface area contributed by atoms with Gasteiger partial charge < -0.3 is 20.6 Å². The molecule has 0 aliphatic carbocycles. The summed E-state index contributed by atoms with van der Waals surface area (Å²) in [6, 6.07) is 8.30. The Kier molecular flexibility index (Phi) is 4.58. The van der Waals surface area contributed by atoms with Crippen molar-refractivity contribution in [1.82, 2.24) is 10.2 Å². The molecule has 1 aromatic rings. The standard InChI is InChI=1S/C14H16N4O2/c15-9-11(14(20)18-7-5-16-6-8-18)10-17-12-1-3-13(19)4-2-12/h1-4,10,16-17,19H,5-8H2/b11-10-. The molecule has 1 heterocycles. The van der Waals surface area contributed by atoms with E-state index in [9.17, 15) is 9.90 Å². The van der Waals surface area contributed by atoms with Crippen molar-refractivity contribution in [1.29, 1.82) is 5.26 Å². The van der Waals surface area contributed by atoms with Crippen LogP contribution in [0.15, 0.2) is 36.0 Å². The lowest BCUT2D eigenvalue weighted by Crippen LogP contribution is -2.46. The highest BCUT2D eigenvalue weighted by atomic mass is 16.3. The Morgan fingerprint density at radius 3 is 2.60 bits per heavy atom. The molecule has 0 unspecified atom stereocenters. The molecule has 1 saturated heterocycles. The summed E-state index contributed by atoms with van der Waals surface area (Å²) in [6.45, 7) is 2.71. The fourth-order valence-corrected chi connectivity index (χ4v) is 1.89. The van der Waals surface area contributed by atoms with Crippen molar-refractivity contribution in [3.63, 3.8) is 0 Å². The molecule has 3 N–H and O–H groups in total. The van der Waals surface area contributed by atoms with Gasteiger partial charge in [0.15, 0.2) is 0 Å². The maximum atomic E-state index is 12.1. The summed E-state index contributed by atoms with van der Waals surface area (Å²) >= 11 is 0. The van der Waals surface area contributed by atoms with Crippen molar-refractivity contribution in [3.8, 4) is 11.8 Å². The number of anilines is 1. The molecule has 0 radical (unpaired) electrons. The molecule has 104 valence electrons. The molecule has 0 atom stereocenters. The van der Waals surface area contributed by atoms with Crippen LogP contribution in [-0.2, 0) is 4.79 Å². The molecule has 20 heavy (non-hydrogen) atoms. The molecule has 0 spiro atoms. The number of hydrogen-bond donors (Lipinski definition) is 3. The minimum Gasteiger partial charge on any atom is -0.508 e. The summed E-state index contributed by atoms with van der Waals surface area (Å²) in [7, 11) is 0. The second kappa shape index (κ2) is 6.59. The molecule has 1 aliphatic rings. The molecular formula is C14H16N4O2. The Hall–Kier alpha value is -2.52. The van der Waals surface area contributed by atoms with E-state index in [2.05, 4.69) is 10.6 Å². The van der Waals surface area contributed by atoms with E-state index in [1.165, 1.54) is 18.3 Å². The monoisotopic (exact) mass is 272 g/mol. The van der Waals surface area contributed by atoms with Gasteiger partial charge in [-0.25, -0.2) is 0 Å². The number of aromatic hydroxyl groups is 1. The maximum absolute atomic E-state index is 12.1. The zero-order valence-electron chi connectivity index (χ0n) is 11.0. The quantitative estimate of drug-likeness (QED) is 0.427. The van der Waals surface area contributed by atoms with Gasteiger partial charge >= 0.3 is 0 Å². The molecule has 1 fully saturated rings. The van der Waals surface area contributed by atoms with Gasteiger partial charge in [0, 0.05) is 38.1 Å². The van der Waals surface area contributed by atoms with Crippen LogP contribution < -0.4 is 10.6 Å². The van der Waals surface area contributed by atoms with Gasteiger partial charge in [-0.1, -0.05) is 0 Å². The zero-order chi connectivity index (χ0) is 14.4. The minimum absolute atomic E-state index is 0.0694. The van der Waals surface area contributed by atoms with Crippen LogP contribution in [0.1, 0.15) is 0 Å². The van der Waals surface area contributed by atoms with E-state index in [-0.39, 0.29) is 17.2 Å². The zero-order valence-corrected chi connectivity index (χ0v) is 11.0. The van der Waals surface area contributed by atoms with Crippen LogP contribution in [0.5, 0.6) is 5.75 Å². The van der Waals surface area contributed by atoms with Crippen LogP contribution in [0.4, 0.5) is 5.69 Å². The van der Waals surface area contributed by atoms with Gasteiger partial charge in [0.2, 0.25) is 0 Å². The number of nitrogens with zero attached hydrogens (tertiary/aromatic N) is 2. The van der Waals surface area contributed by atoms with Gasteiger partial charge in [0.25, 0.3) is 5.91 Å². The van der Waals surface area contributed by atoms with Gasteiger partial charge in [0.1, 0.15) is 17.4 Å². The lowest BCUT2D eigenvalue weighted by Gasteiger charge is -2.27. The number of benzene rings is 1. The summed E-state index contributed by atoms with van der Waals surface area (Å²) in [5.74, 6) is -0.0998. The Balaban J connectivity index is 2.03. The molecule has 1 amide bonds. The van der Waals surface area contributed by atoms with Crippen LogP contribution in [-0.4, -0.2) is 42.1 Å². The van der Waals surface area contributed by atoms with Crippen LogP contribution >= 0.6 is 0 Å². The summed E-state index contributed by atoms with van der Waals surface area (Å²) in [5, 5.41) is 24.3. The first-order valence-electron chi connectivity index (χ1n) is 6.36. The van der Waals surface area contributed by atoms with Crippen molar-refractivity contribution >= 4 is 11.6 Å². The Morgan fingerprint density at radius 1 is 1.35 bits per heavy atom. The summed E-state index contributed by atoms with van der Waals surface area (Å²) in [4.78, 5) is 13.8. The third kappa shape index (κ3) is 3.49. The smallest absolute Gasteiger partial charge is 0.266 e. The van der Waals surface area contributed by atoms with E-state index >= 15 is 0 Å². The first kappa shape index (κ1) is 13.9. The SMILES string of the molecule is N#C/C(=C/Nc1ccc(O)cc1)C(=O)N1CCNCC1. The first-order valence-corrected chi connectivity index (χ1v) is 6.36. The Labute approximate surface area is 117 Å². The third-order valence-electron chi connectivity index (χ3n) is 3.01. The number of rotatable bonds is 3. The average Bonchev–Trinajstić information content (AvgIpc) is 2.50. The number of amides is 1. The van der Waals surface area contributed by atoms with Crippen LogP contribution in [0.3, 0.4) is 0 Å². The van der Waals surface area contributed by atoms with E-state index < -0.39 is 0 Å². The van der Waals surface area contributed by atoms with Crippen molar-refractivity contribution in [2.24, 2.45) is 0 Å². The first-order chi connectivity index (χ1) is 9.70. The van der Waals surface area contributed by atoms with Crippen molar-refractivity contribution in [2.75, 3.05) is 31.5 Å². The Morgan fingerprint density at radius 2 is 2.00 bits per heavy atom. The number of carbonyl (C=O) groups excluding carboxylic acids is 1. The van der Waals surface area contributed by atoms with Crippen molar-refractivity contribution < 1.29 is 9.90 Å². The molecule has 2 rings (SSSR count). The highest BCUT2D eigenvalue weighted by molar-refractivity contribution is 5.97. The lowest BCUT2D eigenvalue weighted by molar-refractivity contribution is -0.127. The van der Waals surface area contributed by atoms with Gasteiger partial charge in [0.05, 0.1) is 0 Å². The number of nitriles is 1. The topological polar surface area (TPSA) is 88.4 Å². The van der Waals surface area contributed by atoms with Crippen molar-refractivity contribution in [3.05, 3.63) is 36.0 Å². The largest absolute Gasteiger partial charge is 0.508 e. The van der Waals surface area contributed by atoms with Crippen LogP contribution in [0, 0.1) is 11.3 Å². The highest BCUT2D eigenvalue weighted by Crippen LogP contribution is 2.14. The second-order valence-corrected chi connectivity index (χ2v) is 4.40. The molecule has 6 heteroatoms. The predicted octanol–water partition coefficient (Wildman–Crippen LogP) is 0.643. The lowest BCUT2D eigenvalue weighted by atomic mass is 10.2. The number of nitrogens with one attached hydrogen (secondary N) is 2. The number of piperazine rings is 1. The van der Waals surface area contributed by atoms with E-state index in [1.54, 1.807) is 17.0 Å². The van der Waals surface area contributed by atoms with E-state index in [1.807, 2.05) is 6.07 Å². The number of hydrogen-bond acceptors (Lipinski definition) is 5. The molecule has 6 nitrogen and oxygen atoms in total. The van der Waals surface area contributed by atoms with Crippen molar-refractivity contribution in [2.45, 2.75) is 0 Å². The third-order valence-corrected chi connectivity index (χ3v) is 3.01. The van der Waals surface area contributed by atoms with Gasteiger partial charge in [-0.15, -0.1) is 0 Å². The van der Waals surface area contributed by atoms with Crippen LogP contribution in [0.25, 0.3) is 0 Å². The second-order valence-electron chi connectivity index (χ2n) is 4.40. The Bertz CT molecular complexity index is 539. The van der Waals surface area contributed by atoms with E-state index in [4.69, 9.17) is 5.26 Å². The number of phenolic OH excluding ortho intramolecular Hbond substituents is 1. The summed E-state index contributed by atoms with van der Waals surface area (Å²) in [5.41, 5.74) is 0.767. The molecule has 0 bridgehead atoms. The van der Waals surface area contributed by atoms with Crippen LogP contribution in [0.2, 0.25) is 0 Å². The molecule has 0 aromatic heterocycles. The van der Waals surface area contributed by atoms with Gasteiger partial charge in [-0.05, 0) is 24.3 Å². The van der Waals surface area contributed by atoms with Gasteiger partial charge in [-0.2, -0.15) is 5.26 Å². The average molecular weight is 272 g/mol. The minimum atomic E-state index is -0.264. The normalized spacial score (nSPS) is 15.6. The molecular weight excluding hydrogens is 256 g/mol. The summed E-state index contributed by atoms with van der Waals surface area (Å²) < 4.78 is 0. The van der Waals surface area contributed by atoms with E-state index in [0.29, 0.717) is 18.8 Å². The number of phenols is 1. The fourth-order valence-electron chi connectivity index (χ4n) is 1.89. The van der Waals surface area contributed by atoms with E-state index in [0.717, 1.165) is 13.1 Å². The predicted molar refractivity (Wildman–Crippen MR) is 74.9 cm³/mol. The molecule has 1 aliphatic heterocycles. The number of carbonyl (C=O) groups is 1. The molecule has 0 saturated carbocycles. The summed E-state index contributed by atoms with van der Waals surface area (Å²) in [6.07, 6.45) is 1.40. The van der Waals surface area contributed by atoms with Gasteiger partial charge in [-0.3, -0.25) is 4.79 Å². The highest BCUT2D eigenvalue weighted by Gasteiger charge is 2.19.